The first kappa shape index (κ1) is 13.7. The lowest BCUT2D eigenvalue weighted by molar-refractivity contribution is 0.0837. The van der Waals surface area contributed by atoms with Crippen LogP contribution in [0.3, 0.4) is 0 Å². The van der Waals surface area contributed by atoms with Crippen molar-refractivity contribution in [3.05, 3.63) is 29.8 Å². The lowest BCUT2D eigenvalue weighted by atomic mass is 9.73. The average molecular weight is 262 g/mol. The van der Waals surface area contributed by atoms with Crippen molar-refractivity contribution in [1.29, 1.82) is 0 Å². The summed E-state index contributed by atoms with van der Waals surface area (Å²) in [4.78, 5) is 13.7. The molecular weight excluding hydrogens is 240 g/mol. The van der Waals surface area contributed by atoms with Crippen LogP contribution in [0.1, 0.15) is 43.5 Å². The maximum atomic E-state index is 12.4. The van der Waals surface area contributed by atoms with Crippen molar-refractivity contribution in [3.8, 4) is 0 Å². The van der Waals surface area contributed by atoms with Gasteiger partial charge in [-0.05, 0) is 49.5 Å². The Kier molecular flexibility index (Phi) is 4.50. The lowest BCUT2D eigenvalue weighted by Crippen LogP contribution is -2.26. The molecule has 0 N–H and O–H groups in total. The predicted molar refractivity (Wildman–Crippen MR) is 78.2 cm³/mol. The van der Waals surface area contributed by atoms with Gasteiger partial charge in [0.05, 0.1) is 0 Å². The second-order valence-electron chi connectivity index (χ2n) is 5.56. The highest BCUT2D eigenvalue weighted by atomic mass is 32.2. The molecule has 1 aromatic rings. The van der Waals surface area contributed by atoms with Crippen LogP contribution in [0.15, 0.2) is 29.2 Å². The van der Waals surface area contributed by atoms with E-state index in [1.54, 1.807) is 11.8 Å². The Hall–Kier alpha value is -0.760. The highest BCUT2D eigenvalue weighted by molar-refractivity contribution is 7.98. The quantitative estimate of drug-likeness (QED) is 0.582. The topological polar surface area (TPSA) is 17.1 Å². The number of rotatable bonds is 3. The van der Waals surface area contributed by atoms with E-state index < -0.39 is 0 Å². The highest BCUT2D eigenvalue weighted by Gasteiger charge is 2.29. The van der Waals surface area contributed by atoms with Gasteiger partial charge in [-0.15, -0.1) is 11.8 Å². The Morgan fingerprint density at radius 2 is 1.78 bits per heavy atom. The summed E-state index contributed by atoms with van der Waals surface area (Å²) in [5.41, 5.74) is 0.888. The van der Waals surface area contributed by atoms with Gasteiger partial charge in [-0.1, -0.05) is 26.0 Å². The van der Waals surface area contributed by atoms with Gasteiger partial charge in [0.1, 0.15) is 0 Å². The number of carbonyl (C=O) groups excluding carboxylic acids is 1. The van der Waals surface area contributed by atoms with Crippen LogP contribution in [0.5, 0.6) is 0 Å². The van der Waals surface area contributed by atoms with Crippen molar-refractivity contribution < 1.29 is 4.79 Å². The molecule has 1 aromatic carbocycles. The van der Waals surface area contributed by atoms with Gasteiger partial charge in [-0.2, -0.15) is 0 Å². The van der Waals surface area contributed by atoms with E-state index in [0.29, 0.717) is 11.7 Å². The van der Waals surface area contributed by atoms with E-state index in [0.717, 1.165) is 24.3 Å². The summed E-state index contributed by atoms with van der Waals surface area (Å²) < 4.78 is 0. The molecule has 0 spiro atoms. The molecule has 2 rings (SSSR count). The molecule has 3 unspecified atom stereocenters. The molecule has 1 aliphatic rings. The highest BCUT2D eigenvalue weighted by Crippen LogP contribution is 2.35. The summed E-state index contributed by atoms with van der Waals surface area (Å²) in [6, 6.07) is 8.06. The van der Waals surface area contributed by atoms with E-state index in [4.69, 9.17) is 0 Å². The van der Waals surface area contributed by atoms with E-state index in [9.17, 15) is 4.79 Å². The molecule has 1 fully saturated rings. The minimum Gasteiger partial charge on any atom is -0.294 e. The summed E-state index contributed by atoms with van der Waals surface area (Å²) in [6.07, 6.45) is 5.38. The molecule has 0 amide bonds. The largest absolute Gasteiger partial charge is 0.294 e. The van der Waals surface area contributed by atoms with Crippen molar-refractivity contribution >= 4 is 17.5 Å². The van der Waals surface area contributed by atoms with E-state index in [-0.39, 0.29) is 5.92 Å². The fraction of sp³-hybridized carbons (Fsp3) is 0.562. The van der Waals surface area contributed by atoms with Crippen molar-refractivity contribution in [3.63, 3.8) is 0 Å². The van der Waals surface area contributed by atoms with Gasteiger partial charge >= 0.3 is 0 Å². The Morgan fingerprint density at radius 3 is 2.33 bits per heavy atom. The molecule has 2 heteroatoms. The molecule has 1 aliphatic carbocycles. The molecule has 98 valence electrons. The molecule has 1 nitrogen and oxygen atoms in total. The van der Waals surface area contributed by atoms with Gasteiger partial charge in [-0.25, -0.2) is 0 Å². The fourth-order valence-corrected chi connectivity index (χ4v) is 3.18. The number of benzene rings is 1. The summed E-state index contributed by atoms with van der Waals surface area (Å²) in [6.45, 7) is 4.58. The average Bonchev–Trinajstić information content (AvgIpc) is 2.41. The van der Waals surface area contributed by atoms with Crippen LogP contribution in [0, 0.1) is 17.8 Å². The summed E-state index contributed by atoms with van der Waals surface area (Å²) in [7, 11) is 0. The predicted octanol–water partition coefficient (Wildman–Crippen LogP) is 4.66. The van der Waals surface area contributed by atoms with Crippen LogP contribution in [0.4, 0.5) is 0 Å². The monoisotopic (exact) mass is 262 g/mol. The zero-order valence-corrected chi connectivity index (χ0v) is 12.3. The third-order valence-corrected chi connectivity index (χ3v) is 5.09. The standard InChI is InChI=1S/C16H22OS/c1-11-4-5-14(10-12(11)2)16(17)13-6-8-15(18-3)9-7-13/h6-9,11-12,14H,4-5,10H2,1-3H3. The Balaban J connectivity index is 2.06. The molecule has 0 aromatic heterocycles. The molecule has 1 saturated carbocycles. The van der Waals surface area contributed by atoms with E-state index in [1.807, 2.05) is 24.3 Å². The van der Waals surface area contributed by atoms with Gasteiger partial charge in [0.2, 0.25) is 0 Å². The molecular formula is C16H22OS. The third-order valence-electron chi connectivity index (χ3n) is 4.34. The first-order chi connectivity index (χ1) is 8.61. The van der Waals surface area contributed by atoms with Crippen LogP contribution in [0.25, 0.3) is 0 Å². The number of hydrogen-bond donors (Lipinski definition) is 0. The smallest absolute Gasteiger partial charge is 0.165 e. The second-order valence-corrected chi connectivity index (χ2v) is 6.44. The maximum absolute atomic E-state index is 12.4. The zero-order valence-electron chi connectivity index (χ0n) is 11.5. The van der Waals surface area contributed by atoms with Gasteiger partial charge in [-0.3, -0.25) is 4.79 Å². The van der Waals surface area contributed by atoms with Crippen molar-refractivity contribution in [2.45, 2.75) is 38.0 Å². The number of hydrogen-bond acceptors (Lipinski definition) is 2. The molecule has 0 saturated heterocycles. The third kappa shape index (κ3) is 2.97. The molecule has 0 radical (unpaired) electrons. The van der Waals surface area contributed by atoms with Gasteiger partial charge in [0.15, 0.2) is 5.78 Å². The molecule has 0 heterocycles. The molecule has 0 aliphatic heterocycles. The van der Waals surface area contributed by atoms with Crippen LogP contribution in [-0.2, 0) is 0 Å². The van der Waals surface area contributed by atoms with E-state index in [2.05, 4.69) is 20.1 Å². The van der Waals surface area contributed by atoms with Crippen LogP contribution in [-0.4, -0.2) is 12.0 Å². The van der Waals surface area contributed by atoms with Crippen molar-refractivity contribution in [1.82, 2.24) is 0 Å². The molecule has 0 bridgehead atoms. The Bertz CT molecular complexity index is 410. The fourth-order valence-electron chi connectivity index (χ4n) is 2.78. The number of Topliss-reactive ketones (excluding diaryl/α,β-unsaturated/α-hetero) is 1. The second kappa shape index (κ2) is 5.92. The maximum Gasteiger partial charge on any atom is 0.165 e. The van der Waals surface area contributed by atoms with Gasteiger partial charge < -0.3 is 0 Å². The zero-order chi connectivity index (χ0) is 13.1. The molecule has 18 heavy (non-hydrogen) atoms. The Morgan fingerprint density at radius 1 is 1.11 bits per heavy atom. The number of ketones is 1. The normalized spacial score (nSPS) is 28.1. The number of carbonyl (C=O) groups is 1. The minimum atomic E-state index is 0.247. The van der Waals surface area contributed by atoms with Gasteiger partial charge in [0, 0.05) is 16.4 Å². The molecule has 3 atom stereocenters. The SMILES string of the molecule is CSc1ccc(C(=O)C2CCC(C)C(C)C2)cc1. The lowest BCUT2D eigenvalue weighted by Gasteiger charge is -2.31. The van der Waals surface area contributed by atoms with E-state index in [1.165, 1.54) is 11.3 Å². The Labute approximate surface area is 114 Å². The van der Waals surface area contributed by atoms with Gasteiger partial charge in [0.25, 0.3) is 0 Å². The summed E-state index contributed by atoms with van der Waals surface area (Å²) >= 11 is 1.71. The van der Waals surface area contributed by atoms with Crippen molar-refractivity contribution in [2.75, 3.05) is 6.26 Å². The van der Waals surface area contributed by atoms with E-state index >= 15 is 0 Å². The summed E-state index contributed by atoms with van der Waals surface area (Å²) in [5.74, 6) is 2.05. The van der Waals surface area contributed by atoms with Crippen LogP contribution in [0.2, 0.25) is 0 Å². The van der Waals surface area contributed by atoms with Crippen LogP contribution < -0.4 is 0 Å². The first-order valence-electron chi connectivity index (χ1n) is 6.80. The summed E-state index contributed by atoms with van der Waals surface area (Å²) in [5, 5.41) is 0. The van der Waals surface area contributed by atoms with Crippen LogP contribution >= 0.6 is 11.8 Å². The van der Waals surface area contributed by atoms with Crippen molar-refractivity contribution in [2.24, 2.45) is 17.8 Å². The first-order valence-corrected chi connectivity index (χ1v) is 8.02. The minimum absolute atomic E-state index is 0.247. The number of thioether (sulfide) groups is 1.